The second kappa shape index (κ2) is 4.85. The monoisotopic (exact) mass is 312 g/mol. The van der Waals surface area contributed by atoms with E-state index in [2.05, 4.69) is 20.4 Å². The summed E-state index contributed by atoms with van der Waals surface area (Å²) in [7, 11) is 0. The molecule has 0 aliphatic heterocycles. The van der Waals surface area contributed by atoms with E-state index in [1.54, 1.807) is 0 Å². The average molecular weight is 312 g/mol. The van der Waals surface area contributed by atoms with Gasteiger partial charge in [0.1, 0.15) is 0 Å². The van der Waals surface area contributed by atoms with E-state index < -0.39 is 53.7 Å². The first kappa shape index (κ1) is 14.4. The van der Waals surface area contributed by atoms with Crippen LogP contribution in [0.4, 0.5) is 23.3 Å². The third-order valence-electron chi connectivity index (χ3n) is 2.32. The predicted octanol–water partition coefficient (Wildman–Crippen LogP) is 0.0526. The fourth-order valence-corrected chi connectivity index (χ4v) is 1.55. The standard InChI is InChI=1S/C6N8O8/c15-11(16)3-1-2(5(9-7-3)13(19)20)6(14(21)22)10-8-4(1)12(17)18. The molecule has 0 saturated carbocycles. The van der Waals surface area contributed by atoms with Crippen molar-refractivity contribution in [2.45, 2.75) is 0 Å². The van der Waals surface area contributed by atoms with Gasteiger partial charge >= 0.3 is 23.3 Å². The summed E-state index contributed by atoms with van der Waals surface area (Å²) >= 11 is 0. The molecule has 0 radical (unpaired) electrons. The second-order valence-electron chi connectivity index (χ2n) is 3.47. The Kier molecular flexibility index (Phi) is 3.18. The summed E-state index contributed by atoms with van der Waals surface area (Å²) < 4.78 is 0. The normalized spacial score (nSPS) is 10.4. The average Bonchev–Trinajstić information content (AvgIpc) is 2.43. The van der Waals surface area contributed by atoms with Crippen molar-refractivity contribution in [1.82, 2.24) is 20.4 Å². The van der Waals surface area contributed by atoms with Gasteiger partial charge in [0.2, 0.25) is 10.8 Å². The van der Waals surface area contributed by atoms with Crippen LogP contribution in [0.2, 0.25) is 0 Å². The molecule has 2 aromatic heterocycles. The topological polar surface area (TPSA) is 224 Å². The Morgan fingerprint density at radius 3 is 0.818 bits per heavy atom. The van der Waals surface area contributed by atoms with Crippen LogP contribution < -0.4 is 0 Å². The van der Waals surface area contributed by atoms with Gasteiger partial charge in [-0.2, -0.15) is 0 Å². The molecule has 22 heavy (non-hydrogen) atoms. The molecule has 16 heteroatoms. The molecule has 0 aliphatic rings. The van der Waals surface area contributed by atoms with Crippen LogP contribution in [0, 0.1) is 40.5 Å². The summed E-state index contributed by atoms with van der Waals surface area (Å²) in [5.41, 5.74) is 0. The zero-order valence-corrected chi connectivity index (χ0v) is 9.84. The number of nitro groups is 4. The number of nitrogens with zero attached hydrogens (tertiary/aromatic N) is 8. The molecular weight excluding hydrogens is 312 g/mol. The third kappa shape index (κ3) is 2.05. The minimum absolute atomic E-state index is 1.10. The molecule has 0 fully saturated rings. The van der Waals surface area contributed by atoms with E-state index >= 15 is 0 Å². The molecule has 2 heterocycles. The quantitative estimate of drug-likeness (QED) is 0.538. The predicted molar refractivity (Wildman–Crippen MR) is 61.7 cm³/mol. The maximum absolute atomic E-state index is 10.8. The van der Waals surface area contributed by atoms with Crippen LogP contribution >= 0.6 is 0 Å². The van der Waals surface area contributed by atoms with Gasteiger partial charge in [0.05, 0.1) is 0 Å². The van der Waals surface area contributed by atoms with Crippen molar-refractivity contribution >= 4 is 34.0 Å². The van der Waals surface area contributed by atoms with E-state index in [0.717, 1.165) is 0 Å². The highest BCUT2D eigenvalue weighted by atomic mass is 16.6. The highest BCUT2D eigenvalue weighted by Crippen LogP contribution is 2.38. The van der Waals surface area contributed by atoms with E-state index in [1.807, 2.05) is 0 Å². The summed E-state index contributed by atoms with van der Waals surface area (Å²) in [6, 6.07) is 0. The van der Waals surface area contributed by atoms with Gasteiger partial charge in [-0.15, -0.1) is 0 Å². The van der Waals surface area contributed by atoms with Crippen molar-refractivity contribution in [3.05, 3.63) is 40.5 Å². The van der Waals surface area contributed by atoms with Gasteiger partial charge in [-0.3, -0.25) is 0 Å². The maximum atomic E-state index is 10.8. The fraction of sp³-hybridized carbons (Fsp3) is 0. The van der Waals surface area contributed by atoms with Gasteiger partial charge in [0, 0.05) is 0 Å². The smallest absolute Gasteiger partial charge is 0.358 e. The van der Waals surface area contributed by atoms with Crippen LogP contribution in [0.5, 0.6) is 0 Å². The lowest BCUT2D eigenvalue weighted by atomic mass is 10.2. The number of hydrogen-bond acceptors (Lipinski definition) is 12. The number of rotatable bonds is 4. The molecule has 0 atom stereocenters. The SMILES string of the molecule is O=[N+]([O-])c1nnc([N+](=O)[O-])c2c([N+](=O)[O-])nnc([N+](=O)[O-])c12. The first-order chi connectivity index (χ1) is 10.3. The molecule has 2 aromatic rings. The van der Waals surface area contributed by atoms with Crippen LogP contribution in [0.1, 0.15) is 0 Å². The van der Waals surface area contributed by atoms with Gasteiger partial charge in [-0.1, -0.05) is 0 Å². The van der Waals surface area contributed by atoms with E-state index in [4.69, 9.17) is 0 Å². The Balaban J connectivity index is 3.17. The minimum Gasteiger partial charge on any atom is -0.358 e. The van der Waals surface area contributed by atoms with Gasteiger partial charge < -0.3 is 40.5 Å². The van der Waals surface area contributed by atoms with Gasteiger partial charge in [-0.25, -0.2) is 0 Å². The molecule has 0 bridgehead atoms. The molecule has 0 aliphatic carbocycles. The lowest BCUT2D eigenvalue weighted by Gasteiger charge is -1.98. The van der Waals surface area contributed by atoms with Crippen molar-refractivity contribution in [2.24, 2.45) is 0 Å². The lowest BCUT2D eigenvalue weighted by molar-refractivity contribution is -0.403. The number of aromatic nitrogens is 4. The molecule has 0 spiro atoms. The van der Waals surface area contributed by atoms with E-state index in [-0.39, 0.29) is 0 Å². The van der Waals surface area contributed by atoms with Crippen molar-refractivity contribution in [2.75, 3.05) is 0 Å². The third-order valence-corrected chi connectivity index (χ3v) is 2.32. The summed E-state index contributed by atoms with van der Waals surface area (Å²) in [4.78, 5) is 38.4. The van der Waals surface area contributed by atoms with Crippen LogP contribution in [-0.2, 0) is 0 Å². The van der Waals surface area contributed by atoms with Crippen molar-refractivity contribution in [3.63, 3.8) is 0 Å². The summed E-state index contributed by atoms with van der Waals surface area (Å²) in [6.45, 7) is 0. The van der Waals surface area contributed by atoms with Crippen LogP contribution in [0.15, 0.2) is 0 Å². The van der Waals surface area contributed by atoms with Crippen LogP contribution in [0.25, 0.3) is 10.8 Å². The molecule has 16 nitrogen and oxygen atoms in total. The largest absolute Gasteiger partial charge is 0.434 e. The van der Waals surface area contributed by atoms with Crippen molar-refractivity contribution in [1.29, 1.82) is 0 Å². The molecule has 0 amide bonds. The minimum atomic E-state index is -1.29. The maximum Gasteiger partial charge on any atom is 0.434 e. The number of fused-ring (bicyclic) bond motifs is 1. The summed E-state index contributed by atoms with van der Waals surface area (Å²) in [5, 5.41) is 52.7. The zero-order valence-electron chi connectivity index (χ0n) is 9.84. The van der Waals surface area contributed by atoms with Gasteiger partial charge in [-0.05, 0) is 19.7 Å². The molecule has 112 valence electrons. The number of hydrogen-bond donors (Lipinski definition) is 0. The Morgan fingerprint density at radius 1 is 0.500 bits per heavy atom. The van der Waals surface area contributed by atoms with E-state index in [9.17, 15) is 40.5 Å². The van der Waals surface area contributed by atoms with Gasteiger partial charge in [0.25, 0.3) is 0 Å². The molecule has 0 unspecified atom stereocenters. The summed E-state index contributed by atoms with van der Waals surface area (Å²) in [5.74, 6) is -5.15. The Bertz CT molecular complexity index is 726. The molecule has 0 aromatic carbocycles. The first-order valence-corrected chi connectivity index (χ1v) is 4.90. The summed E-state index contributed by atoms with van der Waals surface area (Å²) in [6.07, 6.45) is 0. The van der Waals surface area contributed by atoms with Crippen LogP contribution in [0.3, 0.4) is 0 Å². The zero-order chi connectivity index (χ0) is 16.6. The Hall–Kier alpha value is -3.98. The second-order valence-corrected chi connectivity index (χ2v) is 3.47. The molecule has 0 saturated heterocycles. The van der Waals surface area contributed by atoms with Gasteiger partial charge in [0.15, 0.2) is 20.4 Å². The molecular formula is C6N8O8. The van der Waals surface area contributed by atoms with Crippen molar-refractivity contribution < 1.29 is 19.7 Å². The van der Waals surface area contributed by atoms with E-state index in [1.165, 1.54) is 0 Å². The first-order valence-electron chi connectivity index (χ1n) is 4.90. The highest BCUT2D eigenvalue weighted by molar-refractivity contribution is 6.03. The van der Waals surface area contributed by atoms with Crippen LogP contribution in [-0.4, -0.2) is 40.1 Å². The fourth-order valence-electron chi connectivity index (χ4n) is 1.55. The molecule has 0 N–H and O–H groups in total. The molecule has 2 rings (SSSR count). The van der Waals surface area contributed by atoms with E-state index in [0.29, 0.717) is 0 Å². The van der Waals surface area contributed by atoms with Crippen molar-refractivity contribution in [3.8, 4) is 0 Å². The Labute approximate surface area is 116 Å². The Morgan fingerprint density at radius 2 is 0.682 bits per heavy atom. The highest BCUT2D eigenvalue weighted by Gasteiger charge is 2.42. The lowest BCUT2D eigenvalue weighted by Crippen LogP contribution is -2.08.